The average molecular weight is 563 g/mol. The van der Waals surface area contributed by atoms with Crippen LogP contribution in [-0.2, 0) is 34.6 Å². The summed E-state index contributed by atoms with van der Waals surface area (Å²) in [7, 11) is 0. The van der Waals surface area contributed by atoms with Crippen LogP contribution in [0.15, 0.2) is 60.8 Å². The second kappa shape index (κ2) is 11.5. The van der Waals surface area contributed by atoms with E-state index in [1.807, 2.05) is 6.08 Å². The van der Waals surface area contributed by atoms with Gasteiger partial charge in [-0.1, -0.05) is 36.4 Å². The Kier molecular flexibility index (Phi) is 7.81. The first-order valence-electron chi connectivity index (χ1n) is 13.3. The third-order valence-electron chi connectivity index (χ3n) is 7.38. The van der Waals surface area contributed by atoms with Gasteiger partial charge in [0.05, 0.1) is 29.4 Å². The molecule has 2 N–H and O–H groups in total. The van der Waals surface area contributed by atoms with Crippen molar-refractivity contribution >= 4 is 29.1 Å². The SMILES string of the molecule is C[C@H](/C=C/CCn1cc(CCO)nn1)[C@@]1(O)C(=O)N(Cc2ccc(N3CCOC3=O)cc2)c2ccc([N+](=O)[O-])cc21. The summed E-state index contributed by atoms with van der Waals surface area (Å²) in [5.41, 5.74) is 0.441. The molecular weight excluding hydrogens is 532 g/mol. The highest BCUT2D eigenvalue weighted by Gasteiger charge is 2.53. The van der Waals surface area contributed by atoms with E-state index in [2.05, 4.69) is 10.3 Å². The minimum Gasteiger partial charge on any atom is -0.447 e. The molecule has 0 saturated carbocycles. The van der Waals surface area contributed by atoms with Crippen LogP contribution in [0.3, 0.4) is 0 Å². The molecule has 0 aliphatic carbocycles. The van der Waals surface area contributed by atoms with Crippen LogP contribution in [-0.4, -0.2) is 61.9 Å². The van der Waals surface area contributed by atoms with Crippen LogP contribution in [0, 0.1) is 16.0 Å². The maximum atomic E-state index is 13.8. The number of nitro groups is 1. The van der Waals surface area contributed by atoms with E-state index in [9.17, 15) is 24.8 Å². The molecule has 0 unspecified atom stereocenters. The summed E-state index contributed by atoms with van der Waals surface area (Å²) in [4.78, 5) is 39.6. The Bertz CT molecular complexity index is 1490. The fourth-order valence-corrected chi connectivity index (χ4v) is 5.12. The molecule has 3 aromatic rings. The van der Waals surface area contributed by atoms with Crippen molar-refractivity contribution in [2.45, 2.75) is 38.5 Å². The van der Waals surface area contributed by atoms with Gasteiger partial charge in [-0.15, -0.1) is 5.10 Å². The molecule has 1 fully saturated rings. The number of amides is 2. The number of ether oxygens (including phenoxy) is 1. The molecule has 2 amide bonds. The second-order valence-electron chi connectivity index (χ2n) is 10.0. The number of carbonyl (C=O) groups excluding carboxylic acids is 2. The minimum atomic E-state index is -2.02. The lowest BCUT2D eigenvalue weighted by atomic mass is 9.82. The predicted molar refractivity (Wildman–Crippen MR) is 147 cm³/mol. The van der Waals surface area contributed by atoms with Crippen LogP contribution in [0.2, 0.25) is 0 Å². The number of allylic oxidation sites excluding steroid dienone is 1. The molecule has 13 heteroatoms. The highest BCUT2D eigenvalue weighted by molar-refractivity contribution is 6.07. The first kappa shape index (κ1) is 27.9. The topological polar surface area (TPSA) is 164 Å². The zero-order chi connectivity index (χ0) is 29.1. The van der Waals surface area contributed by atoms with Gasteiger partial charge in [0.1, 0.15) is 6.61 Å². The fourth-order valence-electron chi connectivity index (χ4n) is 5.12. The Hall–Kier alpha value is -4.62. The number of fused-ring (bicyclic) bond motifs is 1. The van der Waals surface area contributed by atoms with Gasteiger partial charge in [-0.05, 0) is 30.2 Å². The predicted octanol–water partition coefficient (Wildman–Crippen LogP) is 2.69. The van der Waals surface area contributed by atoms with E-state index < -0.39 is 28.4 Å². The van der Waals surface area contributed by atoms with Gasteiger partial charge in [-0.3, -0.25) is 24.5 Å². The van der Waals surface area contributed by atoms with E-state index in [4.69, 9.17) is 9.84 Å². The summed E-state index contributed by atoms with van der Waals surface area (Å²) >= 11 is 0. The second-order valence-corrected chi connectivity index (χ2v) is 10.0. The molecule has 2 aliphatic heterocycles. The summed E-state index contributed by atoms with van der Waals surface area (Å²) < 4.78 is 6.63. The number of cyclic esters (lactones) is 1. The normalized spacial score (nSPS) is 19.2. The number of aliphatic hydroxyl groups excluding tert-OH is 1. The molecule has 2 atom stereocenters. The van der Waals surface area contributed by atoms with Crippen LogP contribution >= 0.6 is 0 Å². The van der Waals surface area contributed by atoms with Gasteiger partial charge >= 0.3 is 6.09 Å². The third kappa shape index (κ3) is 5.41. The number of carbonyl (C=O) groups is 2. The monoisotopic (exact) mass is 562 g/mol. The molecule has 3 heterocycles. The summed E-state index contributed by atoms with van der Waals surface area (Å²) in [5.74, 6) is -1.28. The number of nitrogens with zero attached hydrogens (tertiary/aromatic N) is 6. The highest BCUT2D eigenvalue weighted by atomic mass is 16.6. The van der Waals surface area contributed by atoms with Gasteiger partial charge in [0.2, 0.25) is 0 Å². The van der Waals surface area contributed by atoms with Gasteiger partial charge < -0.3 is 19.8 Å². The van der Waals surface area contributed by atoms with Crippen LogP contribution in [0.25, 0.3) is 0 Å². The molecule has 0 radical (unpaired) electrons. The van der Waals surface area contributed by atoms with Crippen molar-refractivity contribution in [3.05, 3.63) is 87.7 Å². The molecule has 5 rings (SSSR count). The molecule has 0 bridgehead atoms. The van der Waals surface area contributed by atoms with Crippen molar-refractivity contribution in [1.29, 1.82) is 0 Å². The van der Waals surface area contributed by atoms with Gasteiger partial charge in [-0.2, -0.15) is 0 Å². The number of rotatable bonds is 11. The Morgan fingerprint density at radius 2 is 2.00 bits per heavy atom. The van der Waals surface area contributed by atoms with Crippen molar-refractivity contribution in [2.75, 3.05) is 29.6 Å². The largest absolute Gasteiger partial charge is 0.447 e. The van der Waals surface area contributed by atoms with Gasteiger partial charge in [0, 0.05) is 55.1 Å². The number of hydrogen-bond acceptors (Lipinski definition) is 9. The number of aliphatic hydroxyl groups is 2. The van der Waals surface area contributed by atoms with E-state index in [0.29, 0.717) is 49.6 Å². The first-order valence-corrected chi connectivity index (χ1v) is 13.3. The average Bonchev–Trinajstić information content (AvgIpc) is 3.66. The van der Waals surface area contributed by atoms with Crippen molar-refractivity contribution in [3.8, 4) is 0 Å². The van der Waals surface area contributed by atoms with Crippen molar-refractivity contribution in [1.82, 2.24) is 15.0 Å². The molecule has 1 saturated heterocycles. The smallest absolute Gasteiger partial charge is 0.414 e. The van der Waals surface area contributed by atoms with Crippen LogP contribution < -0.4 is 9.80 Å². The number of hydrogen-bond donors (Lipinski definition) is 2. The van der Waals surface area contributed by atoms with E-state index in [0.717, 1.165) is 5.56 Å². The number of anilines is 2. The Morgan fingerprint density at radius 3 is 2.68 bits per heavy atom. The molecule has 214 valence electrons. The molecule has 1 aromatic heterocycles. The standard InChI is InChI=1S/C28H30N6O7/c1-19(4-2-3-12-31-18-21(11-14-35)29-30-31)28(38)24-16-23(34(39)40)9-10-25(24)33(26(28)36)17-20-5-7-22(8-6-20)32-13-15-41-27(32)37/h2,4-10,16,18-19,35,38H,3,11-15,17H2,1H3/b4-2+/t19-,28+/m1/s1. The molecule has 41 heavy (non-hydrogen) atoms. The Morgan fingerprint density at radius 1 is 1.22 bits per heavy atom. The zero-order valence-electron chi connectivity index (χ0n) is 22.4. The molecule has 2 aliphatic rings. The van der Waals surface area contributed by atoms with E-state index in [1.165, 1.54) is 28.0 Å². The van der Waals surface area contributed by atoms with Gasteiger partial charge in [0.15, 0.2) is 5.60 Å². The van der Waals surface area contributed by atoms with E-state index >= 15 is 0 Å². The molecular formula is C28H30N6O7. The first-order chi connectivity index (χ1) is 19.7. The van der Waals surface area contributed by atoms with E-state index in [1.54, 1.807) is 48.1 Å². The number of benzene rings is 2. The Balaban J connectivity index is 1.36. The molecule has 13 nitrogen and oxygen atoms in total. The summed E-state index contributed by atoms with van der Waals surface area (Å²) in [5, 5.41) is 40.4. The lowest BCUT2D eigenvalue weighted by Crippen LogP contribution is -2.44. The van der Waals surface area contributed by atoms with Crippen molar-refractivity contribution in [3.63, 3.8) is 0 Å². The Labute approximate surface area is 235 Å². The van der Waals surface area contributed by atoms with Crippen molar-refractivity contribution in [2.24, 2.45) is 5.92 Å². The molecule has 2 aromatic carbocycles. The summed E-state index contributed by atoms with van der Waals surface area (Å²) in [6.45, 7) is 3.09. The van der Waals surface area contributed by atoms with Gasteiger partial charge in [-0.25, -0.2) is 4.79 Å². The van der Waals surface area contributed by atoms with E-state index in [-0.39, 0.29) is 24.4 Å². The number of non-ortho nitro benzene ring substituents is 1. The number of nitro benzene ring substituents is 1. The number of aryl methyl sites for hydroxylation is 1. The minimum absolute atomic E-state index is 0.0142. The van der Waals surface area contributed by atoms with Crippen LogP contribution in [0.1, 0.15) is 30.2 Å². The maximum Gasteiger partial charge on any atom is 0.414 e. The molecule has 0 spiro atoms. The fraction of sp³-hybridized carbons (Fsp3) is 0.357. The van der Waals surface area contributed by atoms with Crippen LogP contribution in [0.5, 0.6) is 0 Å². The number of aromatic nitrogens is 3. The van der Waals surface area contributed by atoms with Crippen LogP contribution in [0.4, 0.5) is 21.9 Å². The lowest BCUT2D eigenvalue weighted by Gasteiger charge is -2.27. The third-order valence-corrected chi connectivity index (χ3v) is 7.38. The maximum absolute atomic E-state index is 13.8. The van der Waals surface area contributed by atoms with Crippen molar-refractivity contribution < 1.29 is 29.5 Å². The summed E-state index contributed by atoms with van der Waals surface area (Å²) in [6, 6.07) is 11.2. The quantitative estimate of drug-likeness (QED) is 0.203. The van der Waals surface area contributed by atoms with Gasteiger partial charge in [0.25, 0.3) is 11.6 Å². The summed E-state index contributed by atoms with van der Waals surface area (Å²) in [6.07, 6.45) is 5.84. The lowest BCUT2D eigenvalue weighted by molar-refractivity contribution is -0.385. The highest BCUT2D eigenvalue weighted by Crippen LogP contribution is 2.47. The zero-order valence-corrected chi connectivity index (χ0v) is 22.4.